The van der Waals surface area contributed by atoms with E-state index in [2.05, 4.69) is 27.8 Å². The second-order valence-electron chi connectivity index (χ2n) is 5.35. The van der Waals surface area contributed by atoms with Crippen molar-refractivity contribution in [2.45, 2.75) is 51.1 Å². The first-order valence-electron chi connectivity index (χ1n) is 6.58. The maximum absolute atomic E-state index is 4.44. The fraction of sp³-hybridized carbons (Fsp3) is 0.769. The second-order valence-corrected chi connectivity index (χ2v) is 5.35. The molecule has 2 heterocycles. The molecule has 1 aromatic rings. The Morgan fingerprint density at radius 2 is 1.88 bits per heavy atom. The molecule has 3 heteroatoms. The van der Waals surface area contributed by atoms with E-state index in [1.807, 2.05) is 6.20 Å². The van der Waals surface area contributed by atoms with Crippen molar-refractivity contribution in [3.05, 3.63) is 18.0 Å². The Morgan fingerprint density at radius 3 is 2.38 bits per heavy atom. The summed E-state index contributed by atoms with van der Waals surface area (Å²) in [5.41, 5.74) is 1.28. The van der Waals surface area contributed by atoms with Gasteiger partial charge in [-0.2, -0.15) is 5.10 Å². The average Bonchev–Trinajstić information content (AvgIpc) is 2.63. The van der Waals surface area contributed by atoms with E-state index in [0.29, 0.717) is 6.04 Å². The number of likely N-dealkylation sites (tertiary alicyclic amines) is 1. The normalized spacial score (nSPS) is 24.6. The first-order valence-corrected chi connectivity index (χ1v) is 6.58. The van der Waals surface area contributed by atoms with Crippen LogP contribution in [0.3, 0.4) is 0 Å². The highest BCUT2D eigenvalue weighted by atomic mass is 15.3. The van der Waals surface area contributed by atoms with Gasteiger partial charge in [-0.05, 0) is 38.2 Å². The molecule has 2 fully saturated rings. The summed E-state index contributed by atoms with van der Waals surface area (Å²) in [7, 11) is 0. The predicted octanol–water partition coefficient (Wildman–Crippen LogP) is 2.38. The summed E-state index contributed by atoms with van der Waals surface area (Å²) >= 11 is 0. The van der Waals surface area contributed by atoms with Crippen molar-refractivity contribution in [3.8, 4) is 0 Å². The van der Waals surface area contributed by atoms with Gasteiger partial charge in [0.2, 0.25) is 0 Å². The summed E-state index contributed by atoms with van der Waals surface area (Å²) in [5, 5.41) is 4.44. The molecule has 1 aliphatic carbocycles. The molecule has 0 amide bonds. The first-order chi connectivity index (χ1) is 7.83. The molecule has 0 unspecified atom stereocenters. The lowest BCUT2D eigenvalue weighted by Gasteiger charge is -2.41. The smallest absolute Gasteiger partial charge is 0.0543 e. The third-order valence-electron chi connectivity index (χ3n) is 4.19. The van der Waals surface area contributed by atoms with Crippen molar-refractivity contribution in [3.63, 3.8) is 0 Å². The summed E-state index contributed by atoms with van der Waals surface area (Å²) in [4.78, 5) is 2.69. The van der Waals surface area contributed by atoms with E-state index >= 15 is 0 Å². The van der Waals surface area contributed by atoms with Gasteiger partial charge in [0, 0.05) is 25.3 Å². The van der Waals surface area contributed by atoms with Crippen molar-refractivity contribution in [2.75, 3.05) is 13.1 Å². The Morgan fingerprint density at radius 1 is 1.12 bits per heavy atom. The summed E-state index contributed by atoms with van der Waals surface area (Å²) in [6, 6.07) is 1.56. The lowest BCUT2D eigenvalue weighted by atomic mass is 9.89. The quantitative estimate of drug-likeness (QED) is 0.761. The van der Waals surface area contributed by atoms with E-state index in [1.54, 1.807) is 0 Å². The van der Waals surface area contributed by atoms with E-state index in [1.165, 1.54) is 50.8 Å². The zero-order valence-corrected chi connectivity index (χ0v) is 10.1. The molecule has 3 nitrogen and oxygen atoms in total. The molecule has 0 N–H and O–H groups in total. The monoisotopic (exact) mass is 219 g/mol. The molecule has 1 aromatic heterocycles. The predicted molar refractivity (Wildman–Crippen MR) is 64.4 cm³/mol. The van der Waals surface area contributed by atoms with Gasteiger partial charge in [-0.1, -0.05) is 6.42 Å². The highest BCUT2D eigenvalue weighted by Crippen LogP contribution is 2.30. The Hall–Kier alpha value is -0.830. The highest BCUT2D eigenvalue weighted by Gasteiger charge is 2.29. The first kappa shape index (κ1) is 10.3. The van der Waals surface area contributed by atoms with E-state index in [4.69, 9.17) is 0 Å². The summed E-state index contributed by atoms with van der Waals surface area (Å²) in [6.07, 6.45) is 11.0. The fourth-order valence-electron chi connectivity index (χ4n) is 2.90. The van der Waals surface area contributed by atoms with Gasteiger partial charge in [-0.25, -0.2) is 0 Å². The third kappa shape index (κ3) is 1.88. The lowest BCUT2D eigenvalue weighted by Crippen LogP contribution is -2.45. The molecule has 1 saturated carbocycles. The van der Waals surface area contributed by atoms with Crippen LogP contribution in [-0.4, -0.2) is 33.8 Å². The molecular weight excluding hydrogens is 198 g/mol. The van der Waals surface area contributed by atoms with E-state index in [0.717, 1.165) is 6.04 Å². The molecule has 88 valence electrons. The number of hydrogen-bond donors (Lipinski definition) is 0. The molecule has 0 spiro atoms. The highest BCUT2D eigenvalue weighted by molar-refractivity contribution is 5.01. The minimum absolute atomic E-state index is 0.644. The topological polar surface area (TPSA) is 21.1 Å². The number of hydrogen-bond acceptors (Lipinski definition) is 2. The number of aromatic nitrogens is 2. The molecule has 0 atom stereocenters. The Balaban J connectivity index is 1.57. The van der Waals surface area contributed by atoms with Crippen LogP contribution in [0.5, 0.6) is 0 Å². The summed E-state index contributed by atoms with van der Waals surface area (Å²) < 4.78 is 2.17. The number of piperidine rings is 1. The van der Waals surface area contributed by atoms with Crippen LogP contribution >= 0.6 is 0 Å². The van der Waals surface area contributed by atoms with Crippen LogP contribution in [0.2, 0.25) is 0 Å². The minimum atomic E-state index is 0.644. The van der Waals surface area contributed by atoms with Gasteiger partial charge in [-0.15, -0.1) is 0 Å². The van der Waals surface area contributed by atoms with Crippen LogP contribution in [0.4, 0.5) is 0 Å². The van der Waals surface area contributed by atoms with Crippen LogP contribution in [0.1, 0.15) is 43.7 Å². The van der Waals surface area contributed by atoms with E-state index in [9.17, 15) is 0 Å². The minimum Gasteiger partial charge on any atom is -0.300 e. The molecule has 0 aromatic carbocycles. The SMILES string of the molecule is Cc1cnn(C2CCN(C3CCC3)CC2)c1. The molecule has 1 aliphatic heterocycles. The van der Waals surface area contributed by atoms with Gasteiger partial charge >= 0.3 is 0 Å². The van der Waals surface area contributed by atoms with Gasteiger partial charge in [0.05, 0.1) is 12.2 Å². The zero-order valence-electron chi connectivity index (χ0n) is 10.1. The Bertz CT molecular complexity index is 346. The fourth-order valence-corrected chi connectivity index (χ4v) is 2.90. The molecule has 16 heavy (non-hydrogen) atoms. The molecule has 0 bridgehead atoms. The number of rotatable bonds is 2. The molecule has 0 radical (unpaired) electrons. The van der Waals surface area contributed by atoms with E-state index < -0.39 is 0 Å². The van der Waals surface area contributed by atoms with Crippen LogP contribution in [0, 0.1) is 6.92 Å². The average molecular weight is 219 g/mol. The van der Waals surface area contributed by atoms with Crippen LogP contribution in [0.15, 0.2) is 12.4 Å². The van der Waals surface area contributed by atoms with Gasteiger partial charge in [-0.3, -0.25) is 4.68 Å². The van der Waals surface area contributed by atoms with Crippen LogP contribution in [-0.2, 0) is 0 Å². The summed E-state index contributed by atoms with van der Waals surface area (Å²) in [5.74, 6) is 0. The number of aryl methyl sites for hydroxylation is 1. The van der Waals surface area contributed by atoms with Gasteiger partial charge in [0.1, 0.15) is 0 Å². The standard InChI is InChI=1S/C13H21N3/c1-11-9-14-16(10-11)13-5-7-15(8-6-13)12-3-2-4-12/h9-10,12-13H,2-8H2,1H3. The Labute approximate surface area is 97.4 Å². The van der Waals surface area contributed by atoms with Gasteiger partial charge in [0.15, 0.2) is 0 Å². The maximum atomic E-state index is 4.44. The van der Waals surface area contributed by atoms with Gasteiger partial charge in [0.25, 0.3) is 0 Å². The number of nitrogens with zero attached hydrogens (tertiary/aromatic N) is 3. The van der Waals surface area contributed by atoms with Crippen molar-refractivity contribution in [2.24, 2.45) is 0 Å². The lowest BCUT2D eigenvalue weighted by molar-refractivity contribution is 0.0842. The van der Waals surface area contributed by atoms with Crippen molar-refractivity contribution in [1.29, 1.82) is 0 Å². The molecule has 1 saturated heterocycles. The second kappa shape index (κ2) is 4.21. The Kier molecular flexibility index (Phi) is 2.72. The van der Waals surface area contributed by atoms with E-state index in [-0.39, 0.29) is 0 Å². The summed E-state index contributed by atoms with van der Waals surface area (Å²) in [6.45, 7) is 4.66. The van der Waals surface area contributed by atoms with Crippen LogP contribution in [0.25, 0.3) is 0 Å². The zero-order chi connectivity index (χ0) is 11.0. The largest absolute Gasteiger partial charge is 0.300 e. The van der Waals surface area contributed by atoms with Gasteiger partial charge < -0.3 is 4.90 Å². The molecule has 3 rings (SSSR count). The maximum Gasteiger partial charge on any atom is 0.0543 e. The molecule has 2 aliphatic rings. The van der Waals surface area contributed by atoms with Crippen molar-refractivity contribution >= 4 is 0 Å². The van der Waals surface area contributed by atoms with Crippen molar-refractivity contribution < 1.29 is 0 Å². The van der Waals surface area contributed by atoms with Crippen molar-refractivity contribution in [1.82, 2.24) is 14.7 Å². The third-order valence-corrected chi connectivity index (χ3v) is 4.19. The van der Waals surface area contributed by atoms with Crippen LogP contribution < -0.4 is 0 Å². The molecular formula is C13H21N3.